The molecule has 2 rings (SSSR count). The van der Waals surface area contributed by atoms with E-state index in [9.17, 15) is 0 Å². The van der Waals surface area contributed by atoms with Crippen LogP contribution in [0.5, 0.6) is 0 Å². The van der Waals surface area contributed by atoms with Crippen LogP contribution in [0, 0.1) is 0 Å². The highest BCUT2D eigenvalue weighted by molar-refractivity contribution is 5.15. The van der Waals surface area contributed by atoms with Crippen molar-refractivity contribution < 1.29 is 0 Å². The molecule has 1 saturated carbocycles. The van der Waals surface area contributed by atoms with Crippen LogP contribution in [0.3, 0.4) is 0 Å². The smallest absolute Gasteiger partial charge is 0.0359 e. The van der Waals surface area contributed by atoms with E-state index in [0.29, 0.717) is 6.04 Å². The van der Waals surface area contributed by atoms with Crippen LogP contribution in [-0.4, -0.2) is 42.1 Å². The Morgan fingerprint density at radius 2 is 1.76 bits per heavy atom. The molecular formula is C18H31N3. The van der Waals surface area contributed by atoms with Gasteiger partial charge >= 0.3 is 0 Å². The van der Waals surface area contributed by atoms with Gasteiger partial charge in [0.05, 0.1) is 0 Å². The molecule has 3 heteroatoms. The number of nitrogens with zero attached hydrogens (tertiary/aromatic N) is 2. The van der Waals surface area contributed by atoms with Gasteiger partial charge in [-0.25, -0.2) is 0 Å². The Balaban J connectivity index is 2.23. The Morgan fingerprint density at radius 3 is 2.29 bits per heavy atom. The summed E-state index contributed by atoms with van der Waals surface area (Å²) in [6, 6.07) is 4.83. The molecule has 0 aromatic carbocycles. The summed E-state index contributed by atoms with van der Waals surface area (Å²) >= 11 is 0. The van der Waals surface area contributed by atoms with E-state index in [1.165, 1.54) is 44.1 Å². The minimum Gasteiger partial charge on any atom is -0.312 e. The Morgan fingerprint density at radius 1 is 1.14 bits per heavy atom. The summed E-state index contributed by atoms with van der Waals surface area (Å²) in [5, 5.41) is 3.79. The standard InChI is InChI=1S/C18H31N3/c1-4-20-17(15-16-9-13-19-14-10-16)18(21(2)3)11-7-5-6-8-12-18/h9-10,13-14,17,20H,4-8,11-12,15H2,1-3H3. The lowest BCUT2D eigenvalue weighted by Gasteiger charge is -2.46. The zero-order valence-electron chi connectivity index (χ0n) is 13.9. The van der Waals surface area contributed by atoms with Gasteiger partial charge in [-0.05, 0) is 57.6 Å². The number of likely N-dealkylation sites (N-methyl/N-ethyl adjacent to an activating group) is 2. The Bertz CT molecular complexity index is 394. The van der Waals surface area contributed by atoms with Crippen LogP contribution in [0.25, 0.3) is 0 Å². The van der Waals surface area contributed by atoms with E-state index in [-0.39, 0.29) is 5.54 Å². The van der Waals surface area contributed by atoms with Gasteiger partial charge in [-0.15, -0.1) is 0 Å². The summed E-state index contributed by atoms with van der Waals surface area (Å²) < 4.78 is 0. The monoisotopic (exact) mass is 289 g/mol. The second-order valence-corrected chi connectivity index (χ2v) is 6.58. The summed E-state index contributed by atoms with van der Waals surface area (Å²) in [4.78, 5) is 6.64. The summed E-state index contributed by atoms with van der Waals surface area (Å²) in [5.41, 5.74) is 1.68. The first-order chi connectivity index (χ1) is 10.2. The van der Waals surface area contributed by atoms with Gasteiger partial charge in [-0.2, -0.15) is 0 Å². The largest absolute Gasteiger partial charge is 0.312 e. The fourth-order valence-electron chi connectivity index (χ4n) is 3.90. The molecule has 118 valence electrons. The molecule has 0 radical (unpaired) electrons. The van der Waals surface area contributed by atoms with Gasteiger partial charge in [-0.1, -0.05) is 32.6 Å². The van der Waals surface area contributed by atoms with E-state index in [1.807, 2.05) is 12.4 Å². The first-order valence-corrected chi connectivity index (χ1v) is 8.49. The van der Waals surface area contributed by atoms with Crippen molar-refractivity contribution >= 4 is 0 Å². The Labute approximate surface area is 130 Å². The molecule has 1 aromatic heterocycles. The van der Waals surface area contributed by atoms with Crippen molar-refractivity contribution in [2.45, 2.75) is 63.5 Å². The van der Waals surface area contributed by atoms with Gasteiger partial charge in [0.1, 0.15) is 0 Å². The molecule has 1 aromatic rings. The second-order valence-electron chi connectivity index (χ2n) is 6.58. The van der Waals surface area contributed by atoms with E-state index in [0.717, 1.165) is 13.0 Å². The number of pyridine rings is 1. The first kappa shape index (κ1) is 16.4. The normalized spacial score (nSPS) is 20.2. The van der Waals surface area contributed by atoms with Crippen LogP contribution in [0.1, 0.15) is 51.0 Å². The molecule has 0 aliphatic heterocycles. The summed E-state index contributed by atoms with van der Waals surface area (Å²) in [7, 11) is 4.53. The SMILES string of the molecule is CCNC(Cc1ccncc1)C1(N(C)C)CCCCCC1. The van der Waals surface area contributed by atoms with Gasteiger partial charge in [0.2, 0.25) is 0 Å². The van der Waals surface area contributed by atoms with Crippen LogP contribution in [0.15, 0.2) is 24.5 Å². The number of hydrogen-bond acceptors (Lipinski definition) is 3. The molecule has 0 saturated heterocycles. The predicted octanol–water partition coefficient (Wildman–Crippen LogP) is 3.26. The van der Waals surface area contributed by atoms with Crippen molar-refractivity contribution in [1.29, 1.82) is 0 Å². The van der Waals surface area contributed by atoms with Crippen LogP contribution >= 0.6 is 0 Å². The molecule has 1 aliphatic carbocycles. The minimum atomic E-state index is 0.287. The average Bonchev–Trinajstić information content (AvgIpc) is 2.74. The summed E-state index contributed by atoms with van der Waals surface area (Å²) in [6.45, 7) is 3.25. The Hall–Kier alpha value is -0.930. The third-order valence-electron chi connectivity index (χ3n) is 5.15. The first-order valence-electron chi connectivity index (χ1n) is 8.49. The van der Waals surface area contributed by atoms with Crippen molar-refractivity contribution in [3.63, 3.8) is 0 Å². The lowest BCUT2D eigenvalue weighted by Crippen LogP contribution is -2.59. The molecular weight excluding hydrogens is 258 g/mol. The quantitative estimate of drug-likeness (QED) is 0.815. The number of hydrogen-bond donors (Lipinski definition) is 1. The molecule has 21 heavy (non-hydrogen) atoms. The van der Waals surface area contributed by atoms with E-state index < -0.39 is 0 Å². The molecule has 1 N–H and O–H groups in total. The zero-order valence-corrected chi connectivity index (χ0v) is 13.9. The highest BCUT2D eigenvalue weighted by Gasteiger charge is 2.40. The van der Waals surface area contributed by atoms with Crippen LogP contribution in [0.2, 0.25) is 0 Å². The summed E-state index contributed by atoms with van der Waals surface area (Å²) in [6.07, 6.45) is 13.0. The molecule has 1 unspecified atom stereocenters. The minimum absolute atomic E-state index is 0.287. The molecule has 1 heterocycles. The molecule has 1 atom stereocenters. The van der Waals surface area contributed by atoms with Gasteiger partial charge < -0.3 is 10.2 Å². The van der Waals surface area contributed by atoms with Crippen molar-refractivity contribution in [2.24, 2.45) is 0 Å². The Kier molecular flexibility index (Phi) is 6.19. The molecule has 3 nitrogen and oxygen atoms in total. The zero-order chi connectivity index (χ0) is 15.1. The van der Waals surface area contributed by atoms with E-state index >= 15 is 0 Å². The maximum absolute atomic E-state index is 4.15. The van der Waals surface area contributed by atoms with Crippen LogP contribution in [-0.2, 0) is 6.42 Å². The molecule has 0 bridgehead atoms. The summed E-state index contributed by atoms with van der Waals surface area (Å²) in [5.74, 6) is 0. The third-order valence-corrected chi connectivity index (χ3v) is 5.15. The van der Waals surface area contributed by atoms with Crippen molar-refractivity contribution in [3.8, 4) is 0 Å². The maximum Gasteiger partial charge on any atom is 0.0359 e. The van der Waals surface area contributed by atoms with Crippen molar-refractivity contribution in [3.05, 3.63) is 30.1 Å². The third kappa shape index (κ3) is 4.04. The average molecular weight is 289 g/mol. The highest BCUT2D eigenvalue weighted by atomic mass is 15.2. The maximum atomic E-state index is 4.15. The van der Waals surface area contributed by atoms with Crippen LogP contribution in [0.4, 0.5) is 0 Å². The number of rotatable bonds is 6. The number of aromatic nitrogens is 1. The van der Waals surface area contributed by atoms with Gasteiger partial charge in [0.15, 0.2) is 0 Å². The van der Waals surface area contributed by atoms with E-state index in [1.54, 1.807) is 0 Å². The lowest BCUT2D eigenvalue weighted by atomic mass is 9.78. The van der Waals surface area contributed by atoms with E-state index in [2.05, 4.69) is 48.4 Å². The van der Waals surface area contributed by atoms with E-state index in [4.69, 9.17) is 0 Å². The predicted molar refractivity (Wildman–Crippen MR) is 89.5 cm³/mol. The number of nitrogens with one attached hydrogen (secondary N) is 1. The molecule has 0 spiro atoms. The molecule has 1 fully saturated rings. The topological polar surface area (TPSA) is 28.2 Å². The van der Waals surface area contributed by atoms with Crippen molar-refractivity contribution in [1.82, 2.24) is 15.2 Å². The van der Waals surface area contributed by atoms with Crippen molar-refractivity contribution in [2.75, 3.05) is 20.6 Å². The fourth-order valence-corrected chi connectivity index (χ4v) is 3.90. The molecule has 1 aliphatic rings. The molecule has 0 amide bonds. The highest BCUT2D eigenvalue weighted by Crippen LogP contribution is 2.35. The van der Waals surface area contributed by atoms with Gasteiger partial charge in [-0.3, -0.25) is 4.98 Å². The fraction of sp³-hybridized carbons (Fsp3) is 0.722. The van der Waals surface area contributed by atoms with Gasteiger partial charge in [0, 0.05) is 24.0 Å². The lowest BCUT2D eigenvalue weighted by molar-refractivity contribution is 0.0808. The van der Waals surface area contributed by atoms with Gasteiger partial charge in [0.25, 0.3) is 0 Å². The second kappa shape index (κ2) is 7.90. The van der Waals surface area contributed by atoms with Crippen LogP contribution < -0.4 is 5.32 Å².